The molecule has 2 aromatic carbocycles. The van der Waals surface area contributed by atoms with E-state index in [-0.39, 0.29) is 6.67 Å². The van der Waals surface area contributed by atoms with Gasteiger partial charge in [0.25, 0.3) is 0 Å². The van der Waals surface area contributed by atoms with Gasteiger partial charge in [-0.25, -0.2) is 0 Å². The Balaban J connectivity index is 1.60. The van der Waals surface area contributed by atoms with Gasteiger partial charge in [0.1, 0.15) is 5.75 Å². The Kier molecular flexibility index (Phi) is 10.9. The lowest BCUT2D eigenvalue weighted by Gasteiger charge is -2.06. The van der Waals surface area contributed by atoms with E-state index in [2.05, 4.69) is 53.9 Å². The maximum atomic E-state index is 12.0. The predicted molar refractivity (Wildman–Crippen MR) is 120 cm³/mol. The van der Waals surface area contributed by atoms with Gasteiger partial charge in [0.2, 0.25) is 0 Å². The predicted octanol–water partition coefficient (Wildman–Crippen LogP) is 7.37. The monoisotopic (exact) mass is 383 g/mol. The number of alkyl halides is 1. The highest BCUT2D eigenvalue weighted by atomic mass is 19.1. The molecule has 0 unspecified atom stereocenters. The normalized spacial score (nSPS) is 11.1. The highest BCUT2D eigenvalue weighted by molar-refractivity contribution is 5.70. The Labute approximate surface area is 169 Å². The largest absolute Gasteiger partial charge is 0.494 e. The first-order chi connectivity index (χ1) is 13.8. The number of hydrogen-bond acceptors (Lipinski definition) is 2. The fourth-order valence-corrected chi connectivity index (χ4v) is 3.08. The van der Waals surface area contributed by atoms with E-state index in [1.165, 1.54) is 37.7 Å². The van der Waals surface area contributed by atoms with Crippen LogP contribution >= 0.6 is 0 Å². The molecular weight excluding hydrogens is 349 g/mol. The van der Waals surface area contributed by atoms with E-state index in [9.17, 15) is 4.39 Å². The highest BCUT2D eigenvalue weighted by Crippen LogP contribution is 2.16. The number of hydrogen-bond donors (Lipinski definition) is 1. The number of ether oxygens (including phenoxy) is 1. The zero-order valence-electron chi connectivity index (χ0n) is 17.1. The summed E-state index contributed by atoms with van der Waals surface area (Å²) in [7, 11) is 1.92. The van der Waals surface area contributed by atoms with Crippen LogP contribution in [-0.2, 0) is 0 Å². The van der Waals surface area contributed by atoms with E-state index in [0.717, 1.165) is 42.9 Å². The van der Waals surface area contributed by atoms with Gasteiger partial charge in [-0.2, -0.15) is 0 Å². The van der Waals surface area contributed by atoms with Crippen molar-refractivity contribution < 1.29 is 9.13 Å². The maximum absolute atomic E-state index is 12.0. The summed E-state index contributed by atoms with van der Waals surface area (Å²) in [5, 5.41) is 3.12. The molecular formula is C25H34FNO. The van der Waals surface area contributed by atoms with Crippen molar-refractivity contribution in [1.29, 1.82) is 0 Å². The lowest BCUT2D eigenvalue weighted by Crippen LogP contribution is -1.97. The highest BCUT2D eigenvalue weighted by Gasteiger charge is 1.96. The molecule has 28 heavy (non-hydrogen) atoms. The van der Waals surface area contributed by atoms with Crippen LogP contribution in [0.4, 0.5) is 10.1 Å². The first kappa shape index (κ1) is 22.0. The smallest absolute Gasteiger partial charge is 0.119 e. The van der Waals surface area contributed by atoms with Crippen molar-refractivity contribution in [3.8, 4) is 5.75 Å². The molecule has 0 saturated carbocycles. The van der Waals surface area contributed by atoms with Crippen molar-refractivity contribution in [1.82, 2.24) is 0 Å². The van der Waals surface area contributed by atoms with Crippen molar-refractivity contribution in [3.63, 3.8) is 0 Å². The van der Waals surface area contributed by atoms with Crippen molar-refractivity contribution in [2.24, 2.45) is 0 Å². The van der Waals surface area contributed by atoms with Gasteiger partial charge in [-0.1, -0.05) is 74.9 Å². The average Bonchev–Trinajstić information content (AvgIpc) is 2.75. The second-order valence-corrected chi connectivity index (χ2v) is 7.14. The van der Waals surface area contributed by atoms with Crippen LogP contribution in [0.1, 0.15) is 62.5 Å². The van der Waals surface area contributed by atoms with Gasteiger partial charge in [0.05, 0.1) is 13.3 Å². The molecule has 0 atom stereocenters. The summed E-state index contributed by atoms with van der Waals surface area (Å²) in [5.74, 6) is 0.932. The number of unbranched alkanes of at least 4 members (excludes halogenated alkanes) is 7. The second-order valence-electron chi connectivity index (χ2n) is 7.14. The summed E-state index contributed by atoms with van der Waals surface area (Å²) in [6, 6.07) is 16.6. The number of halogens is 1. The zero-order valence-corrected chi connectivity index (χ0v) is 17.1. The minimum Gasteiger partial charge on any atom is -0.494 e. The molecule has 2 nitrogen and oxygen atoms in total. The molecule has 3 heteroatoms. The fraction of sp³-hybridized carbons (Fsp3) is 0.440. The molecule has 2 aromatic rings. The zero-order chi connectivity index (χ0) is 19.9. The van der Waals surface area contributed by atoms with Crippen molar-refractivity contribution >= 4 is 17.8 Å². The lowest BCUT2D eigenvalue weighted by molar-refractivity contribution is 0.304. The number of rotatable bonds is 14. The Morgan fingerprint density at radius 3 is 1.75 bits per heavy atom. The summed E-state index contributed by atoms with van der Waals surface area (Å²) in [6.07, 6.45) is 13.2. The Morgan fingerprint density at radius 1 is 0.714 bits per heavy atom. The molecule has 0 heterocycles. The molecule has 0 radical (unpaired) electrons. The Hall–Kier alpha value is -2.29. The molecule has 2 rings (SSSR count). The Morgan fingerprint density at radius 2 is 1.21 bits per heavy atom. The van der Waals surface area contributed by atoms with Crippen LogP contribution in [0.2, 0.25) is 0 Å². The maximum Gasteiger partial charge on any atom is 0.119 e. The third-order valence-electron chi connectivity index (χ3n) is 4.84. The van der Waals surface area contributed by atoms with Gasteiger partial charge >= 0.3 is 0 Å². The molecule has 0 amide bonds. The van der Waals surface area contributed by atoms with Crippen LogP contribution in [0.5, 0.6) is 5.75 Å². The first-order valence-electron chi connectivity index (χ1n) is 10.6. The second kappa shape index (κ2) is 13.8. The van der Waals surface area contributed by atoms with Crippen molar-refractivity contribution in [2.45, 2.75) is 51.4 Å². The number of benzene rings is 2. The minimum atomic E-state index is -0.167. The molecule has 0 aliphatic rings. The van der Waals surface area contributed by atoms with Gasteiger partial charge < -0.3 is 10.1 Å². The number of nitrogens with one attached hydrogen (secondary N) is 1. The minimum absolute atomic E-state index is 0.167. The van der Waals surface area contributed by atoms with Gasteiger partial charge in [0.15, 0.2) is 0 Å². The van der Waals surface area contributed by atoms with E-state index in [0.29, 0.717) is 0 Å². The van der Waals surface area contributed by atoms with Gasteiger partial charge in [-0.05, 0) is 48.2 Å². The molecule has 0 saturated heterocycles. The van der Waals surface area contributed by atoms with Gasteiger partial charge in [-0.15, -0.1) is 0 Å². The van der Waals surface area contributed by atoms with Crippen LogP contribution < -0.4 is 10.1 Å². The fourth-order valence-electron chi connectivity index (χ4n) is 3.08. The molecule has 0 fully saturated rings. The SMILES string of the molecule is CNc1ccc(/C=C/c2ccc(OCCCCCCCCCCF)cc2)cc1. The summed E-state index contributed by atoms with van der Waals surface area (Å²) < 4.78 is 17.8. The molecule has 152 valence electrons. The van der Waals surface area contributed by atoms with E-state index in [1.807, 2.05) is 19.2 Å². The van der Waals surface area contributed by atoms with Crippen LogP contribution in [0.3, 0.4) is 0 Å². The van der Waals surface area contributed by atoms with E-state index in [4.69, 9.17) is 4.74 Å². The average molecular weight is 384 g/mol. The van der Waals surface area contributed by atoms with Gasteiger partial charge in [0, 0.05) is 12.7 Å². The molecule has 0 aromatic heterocycles. The summed E-state index contributed by atoms with van der Waals surface area (Å²) in [4.78, 5) is 0. The molecule has 0 bridgehead atoms. The van der Waals surface area contributed by atoms with Crippen molar-refractivity contribution in [3.05, 3.63) is 59.7 Å². The molecule has 1 N–H and O–H groups in total. The molecule has 0 spiro atoms. The topological polar surface area (TPSA) is 21.3 Å². The molecule has 0 aliphatic heterocycles. The van der Waals surface area contributed by atoms with Crippen LogP contribution in [0, 0.1) is 0 Å². The lowest BCUT2D eigenvalue weighted by atomic mass is 10.1. The van der Waals surface area contributed by atoms with E-state index in [1.54, 1.807) is 0 Å². The van der Waals surface area contributed by atoms with Crippen LogP contribution in [0.25, 0.3) is 12.2 Å². The quantitative estimate of drug-likeness (QED) is 0.272. The van der Waals surface area contributed by atoms with E-state index >= 15 is 0 Å². The summed E-state index contributed by atoms with van der Waals surface area (Å²) >= 11 is 0. The van der Waals surface area contributed by atoms with Crippen molar-refractivity contribution in [2.75, 3.05) is 25.6 Å². The standard InChI is InChI=1S/C25H34FNO/c1-27-24-16-12-22(13-17-24)10-11-23-14-18-25(19-15-23)28-21-9-7-5-3-2-4-6-8-20-26/h10-19,27H,2-9,20-21H2,1H3/b11-10+. The molecule has 0 aliphatic carbocycles. The van der Waals surface area contributed by atoms with E-state index < -0.39 is 0 Å². The third-order valence-corrected chi connectivity index (χ3v) is 4.84. The van der Waals surface area contributed by atoms with Gasteiger partial charge in [-0.3, -0.25) is 4.39 Å². The Bertz CT molecular complexity index is 664. The third kappa shape index (κ3) is 9.07. The van der Waals surface area contributed by atoms with Crippen LogP contribution in [0.15, 0.2) is 48.5 Å². The summed E-state index contributed by atoms with van der Waals surface area (Å²) in [6.45, 7) is 0.605. The summed E-state index contributed by atoms with van der Waals surface area (Å²) in [5.41, 5.74) is 3.46. The number of anilines is 1. The first-order valence-corrected chi connectivity index (χ1v) is 10.6. The van der Waals surface area contributed by atoms with Crippen LogP contribution in [-0.4, -0.2) is 20.3 Å².